The molecule has 1 unspecified atom stereocenters. The van der Waals surface area contributed by atoms with Gasteiger partial charge in [-0.05, 0) is 44.2 Å². The Kier molecular flexibility index (Phi) is 3.90. The molecule has 0 bridgehead atoms. The molecule has 0 aliphatic carbocycles. The third-order valence-electron chi connectivity index (χ3n) is 2.17. The van der Waals surface area contributed by atoms with Gasteiger partial charge in [0.05, 0.1) is 5.60 Å². The lowest BCUT2D eigenvalue weighted by atomic mass is 9.96. The molecule has 74 valence electrons. The van der Waals surface area contributed by atoms with Crippen LogP contribution >= 0.6 is 11.3 Å². The minimum atomic E-state index is -0.598. The van der Waals surface area contributed by atoms with Crippen molar-refractivity contribution < 1.29 is 5.11 Å². The van der Waals surface area contributed by atoms with Gasteiger partial charge in [0.25, 0.3) is 0 Å². The Bertz CT molecular complexity index is 231. The molecule has 0 fully saturated rings. The normalized spacial score (nSPS) is 15.6. The highest BCUT2D eigenvalue weighted by molar-refractivity contribution is 7.09. The minimum Gasteiger partial charge on any atom is -0.390 e. The van der Waals surface area contributed by atoms with Crippen LogP contribution in [0.2, 0.25) is 0 Å². The van der Waals surface area contributed by atoms with Gasteiger partial charge in [0, 0.05) is 4.88 Å². The molecule has 1 rings (SSSR count). The van der Waals surface area contributed by atoms with Gasteiger partial charge in [0.15, 0.2) is 0 Å². The molecule has 13 heavy (non-hydrogen) atoms. The Labute approximate surface area is 83.4 Å². The summed E-state index contributed by atoms with van der Waals surface area (Å²) in [5, 5.41) is 11.9. The molecule has 0 saturated carbocycles. The van der Waals surface area contributed by atoms with E-state index in [-0.39, 0.29) is 0 Å². The number of thiophene rings is 1. The van der Waals surface area contributed by atoms with Gasteiger partial charge in [-0.1, -0.05) is 6.07 Å². The molecule has 0 saturated heterocycles. The Balaban J connectivity index is 2.33. The van der Waals surface area contributed by atoms with Gasteiger partial charge in [-0.25, -0.2) is 0 Å². The van der Waals surface area contributed by atoms with Crippen LogP contribution in [-0.2, 0) is 6.42 Å². The predicted molar refractivity (Wildman–Crippen MR) is 56.9 cm³/mol. The summed E-state index contributed by atoms with van der Waals surface area (Å²) >= 11 is 1.74. The molecule has 1 aromatic heterocycles. The van der Waals surface area contributed by atoms with Gasteiger partial charge in [0.2, 0.25) is 0 Å². The zero-order valence-electron chi connectivity index (χ0n) is 7.99. The number of hydrogen-bond acceptors (Lipinski definition) is 3. The summed E-state index contributed by atoms with van der Waals surface area (Å²) in [6, 6.07) is 4.14. The monoisotopic (exact) mass is 199 g/mol. The maximum absolute atomic E-state index is 9.84. The highest BCUT2D eigenvalue weighted by Gasteiger charge is 2.18. The third kappa shape index (κ3) is 3.89. The first-order valence-corrected chi connectivity index (χ1v) is 5.47. The van der Waals surface area contributed by atoms with Crippen LogP contribution < -0.4 is 5.73 Å². The molecule has 0 aliphatic rings. The van der Waals surface area contributed by atoms with Crippen molar-refractivity contribution in [2.75, 3.05) is 6.54 Å². The highest BCUT2D eigenvalue weighted by Crippen LogP contribution is 2.19. The van der Waals surface area contributed by atoms with E-state index in [1.807, 2.05) is 13.0 Å². The molecular weight excluding hydrogens is 182 g/mol. The third-order valence-corrected chi connectivity index (χ3v) is 3.11. The predicted octanol–water partition coefficient (Wildman–Crippen LogP) is 1.78. The van der Waals surface area contributed by atoms with E-state index in [1.54, 1.807) is 11.3 Å². The standard InChI is InChI=1S/C10H17NOS/c1-10(12,6-7-11)5-4-9-3-2-8-13-9/h2-3,8,12H,4-7,11H2,1H3. The van der Waals surface area contributed by atoms with E-state index in [9.17, 15) is 5.11 Å². The molecule has 3 N–H and O–H groups in total. The summed E-state index contributed by atoms with van der Waals surface area (Å²) in [4.78, 5) is 1.33. The van der Waals surface area contributed by atoms with Crippen molar-refractivity contribution >= 4 is 11.3 Å². The van der Waals surface area contributed by atoms with Gasteiger partial charge in [-0.15, -0.1) is 11.3 Å². The summed E-state index contributed by atoms with van der Waals surface area (Å²) in [7, 11) is 0. The Morgan fingerprint density at radius 3 is 2.85 bits per heavy atom. The van der Waals surface area contributed by atoms with E-state index in [4.69, 9.17) is 5.73 Å². The summed E-state index contributed by atoms with van der Waals surface area (Å²) in [6.45, 7) is 2.41. The lowest BCUT2D eigenvalue weighted by Gasteiger charge is -2.21. The van der Waals surface area contributed by atoms with Crippen molar-refractivity contribution in [3.05, 3.63) is 22.4 Å². The number of rotatable bonds is 5. The highest BCUT2D eigenvalue weighted by atomic mass is 32.1. The fraction of sp³-hybridized carbons (Fsp3) is 0.600. The SMILES string of the molecule is CC(O)(CCN)CCc1cccs1. The van der Waals surface area contributed by atoms with Crippen molar-refractivity contribution in [2.24, 2.45) is 5.73 Å². The zero-order valence-corrected chi connectivity index (χ0v) is 8.81. The minimum absolute atomic E-state index is 0.553. The van der Waals surface area contributed by atoms with E-state index in [1.165, 1.54) is 4.88 Å². The number of aliphatic hydroxyl groups is 1. The van der Waals surface area contributed by atoms with Gasteiger partial charge in [-0.2, -0.15) is 0 Å². The van der Waals surface area contributed by atoms with E-state index < -0.39 is 5.60 Å². The molecule has 1 atom stereocenters. The summed E-state index contributed by atoms with van der Waals surface area (Å²) in [5.41, 5.74) is 4.81. The average Bonchev–Trinajstić information content (AvgIpc) is 2.52. The Hall–Kier alpha value is -0.380. The number of nitrogens with two attached hydrogens (primary N) is 1. The molecule has 0 spiro atoms. The second-order valence-corrected chi connectivity index (χ2v) is 4.65. The van der Waals surface area contributed by atoms with Crippen LogP contribution in [0.25, 0.3) is 0 Å². The van der Waals surface area contributed by atoms with Gasteiger partial charge in [0.1, 0.15) is 0 Å². The molecule has 0 aromatic carbocycles. The Morgan fingerprint density at radius 1 is 1.54 bits per heavy atom. The van der Waals surface area contributed by atoms with Crippen molar-refractivity contribution in [3.8, 4) is 0 Å². The molecule has 0 amide bonds. The fourth-order valence-electron chi connectivity index (χ4n) is 1.28. The molecule has 0 radical (unpaired) electrons. The molecule has 1 heterocycles. The van der Waals surface area contributed by atoms with Crippen LogP contribution in [0, 0.1) is 0 Å². The molecule has 1 aromatic rings. The molecule has 2 nitrogen and oxygen atoms in total. The van der Waals surface area contributed by atoms with Crippen LogP contribution in [0.5, 0.6) is 0 Å². The first-order chi connectivity index (χ1) is 6.14. The van der Waals surface area contributed by atoms with E-state index in [0.717, 1.165) is 12.8 Å². The van der Waals surface area contributed by atoms with Crippen molar-refractivity contribution in [2.45, 2.75) is 31.8 Å². The lowest BCUT2D eigenvalue weighted by Crippen LogP contribution is -2.28. The van der Waals surface area contributed by atoms with Crippen LogP contribution in [0.1, 0.15) is 24.6 Å². The quantitative estimate of drug-likeness (QED) is 0.759. The van der Waals surface area contributed by atoms with Gasteiger partial charge >= 0.3 is 0 Å². The largest absolute Gasteiger partial charge is 0.390 e. The van der Waals surface area contributed by atoms with Gasteiger partial charge < -0.3 is 10.8 Å². The maximum Gasteiger partial charge on any atom is 0.0635 e. The molecule has 3 heteroatoms. The smallest absolute Gasteiger partial charge is 0.0635 e. The van der Waals surface area contributed by atoms with E-state index in [0.29, 0.717) is 13.0 Å². The van der Waals surface area contributed by atoms with E-state index >= 15 is 0 Å². The second kappa shape index (κ2) is 4.74. The van der Waals surface area contributed by atoms with Crippen LogP contribution in [0.15, 0.2) is 17.5 Å². The second-order valence-electron chi connectivity index (χ2n) is 3.61. The fourth-order valence-corrected chi connectivity index (χ4v) is 1.99. The topological polar surface area (TPSA) is 46.2 Å². The molecular formula is C10H17NOS. The first-order valence-electron chi connectivity index (χ1n) is 4.59. The van der Waals surface area contributed by atoms with Crippen LogP contribution in [-0.4, -0.2) is 17.3 Å². The summed E-state index contributed by atoms with van der Waals surface area (Å²) in [5.74, 6) is 0. The average molecular weight is 199 g/mol. The summed E-state index contributed by atoms with van der Waals surface area (Å²) in [6.07, 6.45) is 2.42. The van der Waals surface area contributed by atoms with Crippen LogP contribution in [0.3, 0.4) is 0 Å². The number of hydrogen-bond donors (Lipinski definition) is 2. The van der Waals surface area contributed by atoms with Crippen molar-refractivity contribution in [1.82, 2.24) is 0 Å². The first kappa shape index (κ1) is 10.7. The van der Waals surface area contributed by atoms with Crippen molar-refractivity contribution in [1.29, 1.82) is 0 Å². The lowest BCUT2D eigenvalue weighted by molar-refractivity contribution is 0.0450. The number of aryl methyl sites for hydroxylation is 1. The molecule has 0 aliphatic heterocycles. The Morgan fingerprint density at radius 2 is 2.31 bits per heavy atom. The van der Waals surface area contributed by atoms with Gasteiger partial charge in [-0.3, -0.25) is 0 Å². The van der Waals surface area contributed by atoms with Crippen LogP contribution in [0.4, 0.5) is 0 Å². The summed E-state index contributed by atoms with van der Waals surface area (Å²) < 4.78 is 0. The zero-order chi connectivity index (χ0) is 9.73. The van der Waals surface area contributed by atoms with Crippen molar-refractivity contribution in [3.63, 3.8) is 0 Å². The maximum atomic E-state index is 9.84. The van der Waals surface area contributed by atoms with E-state index in [2.05, 4.69) is 11.4 Å².